The Morgan fingerprint density at radius 1 is 1.30 bits per heavy atom. The van der Waals surface area contributed by atoms with Crippen LogP contribution in [-0.4, -0.2) is 40.7 Å². The molecule has 2 aromatic heterocycles. The van der Waals surface area contributed by atoms with E-state index in [9.17, 15) is 4.79 Å². The number of aliphatic hydroxyl groups is 1. The lowest BCUT2D eigenvalue weighted by Gasteiger charge is -2.02. The van der Waals surface area contributed by atoms with Gasteiger partial charge in [-0.3, -0.25) is 4.79 Å². The maximum absolute atomic E-state index is 11.7. The van der Waals surface area contributed by atoms with Crippen molar-refractivity contribution >= 4 is 33.3 Å². The molecular formula is C16H18N4O2S. The number of rotatable bonds is 7. The number of hydrogen-bond acceptors (Lipinski definition) is 5. The SMILES string of the molecule is O=C(NCCO)c1csc(NCCc2c[nH]c3ccccc23)n1. The number of aliphatic hydroxyl groups excluding tert-OH is 1. The fourth-order valence-corrected chi connectivity index (χ4v) is 3.08. The number of H-pyrrole nitrogens is 1. The van der Waals surface area contributed by atoms with Gasteiger partial charge in [-0.25, -0.2) is 4.98 Å². The van der Waals surface area contributed by atoms with Gasteiger partial charge in [-0.2, -0.15) is 0 Å². The number of anilines is 1. The highest BCUT2D eigenvalue weighted by Crippen LogP contribution is 2.19. The average molecular weight is 330 g/mol. The second-order valence-electron chi connectivity index (χ2n) is 5.05. The number of thiazole rings is 1. The van der Waals surface area contributed by atoms with E-state index >= 15 is 0 Å². The van der Waals surface area contributed by atoms with E-state index in [1.165, 1.54) is 22.3 Å². The predicted octanol–water partition coefficient (Wildman–Crippen LogP) is 2.00. The van der Waals surface area contributed by atoms with Crippen LogP contribution < -0.4 is 10.6 Å². The highest BCUT2D eigenvalue weighted by Gasteiger charge is 2.10. The standard InChI is InChI=1S/C16H18N4O2S/c21-8-7-17-15(22)14-10-23-16(20-14)18-6-5-11-9-19-13-4-2-1-3-12(11)13/h1-4,9-10,19,21H,5-8H2,(H,17,22)(H,18,20). The van der Waals surface area contributed by atoms with Gasteiger partial charge in [0.25, 0.3) is 5.91 Å². The van der Waals surface area contributed by atoms with E-state index in [1.807, 2.05) is 18.3 Å². The second-order valence-corrected chi connectivity index (χ2v) is 5.91. The van der Waals surface area contributed by atoms with Crippen LogP contribution in [0, 0.1) is 0 Å². The van der Waals surface area contributed by atoms with Crippen molar-refractivity contribution in [2.45, 2.75) is 6.42 Å². The summed E-state index contributed by atoms with van der Waals surface area (Å²) in [5, 5.41) is 18.2. The molecule has 0 bridgehead atoms. The lowest BCUT2D eigenvalue weighted by atomic mass is 10.1. The van der Waals surface area contributed by atoms with E-state index in [4.69, 9.17) is 5.11 Å². The van der Waals surface area contributed by atoms with Crippen LogP contribution in [0.4, 0.5) is 5.13 Å². The van der Waals surface area contributed by atoms with Crippen molar-refractivity contribution < 1.29 is 9.90 Å². The molecule has 0 saturated heterocycles. The molecule has 120 valence electrons. The minimum atomic E-state index is -0.264. The molecule has 0 atom stereocenters. The van der Waals surface area contributed by atoms with E-state index in [0.717, 1.165) is 23.6 Å². The molecule has 1 amide bonds. The van der Waals surface area contributed by atoms with Crippen LogP contribution in [-0.2, 0) is 6.42 Å². The number of carbonyl (C=O) groups excluding carboxylic acids is 1. The van der Waals surface area contributed by atoms with Crippen LogP contribution in [0.25, 0.3) is 10.9 Å². The van der Waals surface area contributed by atoms with E-state index < -0.39 is 0 Å². The molecule has 4 N–H and O–H groups in total. The molecule has 7 heteroatoms. The van der Waals surface area contributed by atoms with Crippen molar-refractivity contribution in [1.29, 1.82) is 0 Å². The number of amides is 1. The van der Waals surface area contributed by atoms with Crippen molar-refractivity contribution in [3.63, 3.8) is 0 Å². The average Bonchev–Trinajstić information content (AvgIpc) is 3.20. The third-order valence-corrected chi connectivity index (χ3v) is 4.28. The van der Waals surface area contributed by atoms with Crippen molar-refractivity contribution in [2.24, 2.45) is 0 Å². The van der Waals surface area contributed by atoms with E-state index in [0.29, 0.717) is 5.69 Å². The lowest BCUT2D eigenvalue weighted by Crippen LogP contribution is -2.26. The third kappa shape index (κ3) is 3.69. The van der Waals surface area contributed by atoms with Crippen LogP contribution in [0.1, 0.15) is 16.1 Å². The first-order valence-corrected chi connectivity index (χ1v) is 8.29. The van der Waals surface area contributed by atoms with Gasteiger partial charge in [0.15, 0.2) is 5.13 Å². The molecule has 3 rings (SSSR count). The Kier molecular flexibility index (Phi) is 4.89. The van der Waals surface area contributed by atoms with E-state index in [1.54, 1.807) is 5.38 Å². The number of para-hydroxylation sites is 1. The van der Waals surface area contributed by atoms with Gasteiger partial charge < -0.3 is 20.7 Å². The minimum absolute atomic E-state index is 0.0778. The van der Waals surface area contributed by atoms with Crippen LogP contribution in [0.5, 0.6) is 0 Å². The summed E-state index contributed by atoms with van der Waals surface area (Å²) < 4.78 is 0. The molecule has 0 saturated carbocycles. The van der Waals surface area contributed by atoms with Crippen molar-refractivity contribution in [3.05, 3.63) is 47.1 Å². The maximum atomic E-state index is 11.7. The zero-order valence-electron chi connectivity index (χ0n) is 12.5. The number of aromatic amines is 1. The van der Waals surface area contributed by atoms with E-state index in [-0.39, 0.29) is 19.1 Å². The van der Waals surface area contributed by atoms with Crippen LogP contribution >= 0.6 is 11.3 Å². The Balaban J connectivity index is 1.55. The molecular weight excluding hydrogens is 312 g/mol. The minimum Gasteiger partial charge on any atom is -0.395 e. The molecule has 2 heterocycles. The van der Waals surface area contributed by atoms with Gasteiger partial charge >= 0.3 is 0 Å². The molecule has 6 nitrogen and oxygen atoms in total. The molecule has 0 aliphatic rings. The first-order valence-electron chi connectivity index (χ1n) is 7.41. The normalized spacial score (nSPS) is 10.8. The smallest absolute Gasteiger partial charge is 0.270 e. The summed E-state index contributed by atoms with van der Waals surface area (Å²) in [4.78, 5) is 19.2. The zero-order valence-corrected chi connectivity index (χ0v) is 13.3. The summed E-state index contributed by atoms with van der Waals surface area (Å²) in [7, 11) is 0. The summed E-state index contributed by atoms with van der Waals surface area (Å²) in [6.45, 7) is 0.901. The van der Waals surface area contributed by atoms with Gasteiger partial charge in [0.05, 0.1) is 6.61 Å². The Hall–Kier alpha value is -2.38. The maximum Gasteiger partial charge on any atom is 0.270 e. The second kappa shape index (κ2) is 7.26. The summed E-state index contributed by atoms with van der Waals surface area (Å²) in [6.07, 6.45) is 2.90. The molecule has 0 unspecified atom stereocenters. The molecule has 0 fully saturated rings. The first-order chi connectivity index (χ1) is 11.3. The Morgan fingerprint density at radius 3 is 3.04 bits per heavy atom. The van der Waals surface area contributed by atoms with Gasteiger partial charge in [0.1, 0.15) is 5.69 Å². The number of aromatic nitrogens is 2. The largest absolute Gasteiger partial charge is 0.395 e. The summed E-state index contributed by atoms with van der Waals surface area (Å²) in [5.41, 5.74) is 2.77. The molecule has 0 aliphatic carbocycles. The quantitative estimate of drug-likeness (QED) is 0.533. The summed E-state index contributed by atoms with van der Waals surface area (Å²) >= 11 is 1.40. The Morgan fingerprint density at radius 2 is 2.17 bits per heavy atom. The number of carbonyl (C=O) groups is 1. The van der Waals surface area contributed by atoms with Crippen LogP contribution in [0.2, 0.25) is 0 Å². The number of fused-ring (bicyclic) bond motifs is 1. The Bertz CT molecular complexity index is 796. The van der Waals surface area contributed by atoms with Gasteiger partial charge in [-0.15, -0.1) is 11.3 Å². The number of benzene rings is 1. The fourth-order valence-electron chi connectivity index (χ4n) is 2.36. The predicted molar refractivity (Wildman–Crippen MR) is 92.0 cm³/mol. The van der Waals surface area contributed by atoms with Gasteiger partial charge in [0.2, 0.25) is 0 Å². The van der Waals surface area contributed by atoms with Crippen molar-refractivity contribution in [3.8, 4) is 0 Å². The van der Waals surface area contributed by atoms with E-state index in [2.05, 4.69) is 32.7 Å². The highest BCUT2D eigenvalue weighted by atomic mass is 32.1. The zero-order chi connectivity index (χ0) is 16.1. The van der Waals surface area contributed by atoms with Crippen molar-refractivity contribution in [1.82, 2.24) is 15.3 Å². The number of nitrogens with zero attached hydrogens (tertiary/aromatic N) is 1. The summed E-state index contributed by atoms with van der Waals surface area (Å²) in [5.74, 6) is -0.264. The monoisotopic (exact) mass is 330 g/mol. The summed E-state index contributed by atoms with van der Waals surface area (Å²) in [6, 6.07) is 8.21. The Labute approximate surface area is 137 Å². The molecule has 0 spiro atoms. The highest BCUT2D eigenvalue weighted by molar-refractivity contribution is 7.13. The molecule has 0 aliphatic heterocycles. The fraction of sp³-hybridized carbons (Fsp3) is 0.250. The number of nitrogens with one attached hydrogen (secondary N) is 3. The van der Waals surface area contributed by atoms with Gasteiger partial charge in [0, 0.05) is 35.6 Å². The molecule has 3 aromatic rings. The number of hydrogen-bond donors (Lipinski definition) is 4. The molecule has 0 radical (unpaired) electrons. The molecule has 1 aromatic carbocycles. The lowest BCUT2D eigenvalue weighted by molar-refractivity contribution is 0.0940. The third-order valence-electron chi connectivity index (χ3n) is 3.48. The van der Waals surface area contributed by atoms with Gasteiger partial charge in [-0.05, 0) is 18.1 Å². The topological polar surface area (TPSA) is 90.0 Å². The van der Waals surface area contributed by atoms with Crippen LogP contribution in [0.3, 0.4) is 0 Å². The van der Waals surface area contributed by atoms with Crippen LogP contribution in [0.15, 0.2) is 35.8 Å². The first kappa shape index (κ1) is 15.5. The molecule has 23 heavy (non-hydrogen) atoms. The van der Waals surface area contributed by atoms with Crippen molar-refractivity contribution in [2.75, 3.05) is 25.0 Å². The van der Waals surface area contributed by atoms with Gasteiger partial charge in [-0.1, -0.05) is 18.2 Å².